The number of carbonyl (C=O) groups excluding carboxylic acids is 1. The van der Waals surface area contributed by atoms with Crippen molar-refractivity contribution >= 4 is 11.7 Å². The molecular formula is C12H11N3O2. The molecule has 86 valence electrons. The highest BCUT2D eigenvalue weighted by Gasteiger charge is 2.14. The van der Waals surface area contributed by atoms with Crippen molar-refractivity contribution in [3.05, 3.63) is 47.3 Å². The average Bonchev–Trinajstić information content (AvgIpc) is 2.32. The number of nitrogen functional groups attached to an aromatic ring is 1. The number of nitrogens with zero attached hydrogens (tertiary/aromatic N) is 2. The van der Waals surface area contributed by atoms with Gasteiger partial charge in [0.05, 0.1) is 11.1 Å². The van der Waals surface area contributed by atoms with Crippen molar-refractivity contribution in [2.45, 2.75) is 6.92 Å². The number of phenols is 1. The number of aromatic hydroxyl groups is 1. The fourth-order valence-corrected chi connectivity index (χ4v) is 1.44. The van der Waals surface area contributed by atoms with Crippen molar-refractivity contribution < 1.29 is 9.90 Å². The molecule has 0 aliphatic carbocycles. The Morgan fingerprint density at radius 1 is 1.29 bits per heavy atom. The van der Waals surface area contributed by atoms with Crippen LogP contribution in [0, 0.1) is 6.92 Å². The minimum atomic E-state index is -0.328. The summed E-state index contributed by atoms with van der Waals surface area (Å²) in [5.74, 6) is -0.279. The van der Waals surface area contributed by atoms with Gasteiger partial charge in [0.15, 0.2) is 5.78 Å². The number of phenolic OH excluding ortho intramolecular Hbond substituents is 1. The fourth-order valence-electron chi connectivity index (χ4n) is 1.44. The summed E-state index contributed by atoms with van der Waals surface area (Å²) in [5.41, 5.74) is 6.75. The zero-order valence-electron chi connectivity index (χ0n) is 9.21. The Kier molecular flexibility index (Phi) is 2.74. The Labute approximate surface area is 98.0 Å². The summed E-state index contributed by atoms with van der Waals surface area (Å²) < 4.78 is 0. The molecule has 0 saturated heterocycles. The Hall–Kier alpha value is -2.43. The molecule has 0 radical (unpaired) electrons. The lowest BCUT2D eigenvalue weighted by Crippen LogP contribution is -2.05. The van der Waals surface area contributed by atoms with E-state index in [4.69, 9.17) is 5.73 Å². The summed E-state index contributed by atoms with van der Waals surface area (Å²) in [6.45, 7) is 1.84. The average molecular weight is 229 g/mol. The molecule has 5 nitrogen and oxygen atoms in total. The molecule has 1 heterocycles. The number of benzene rings is 1. The Balaban J connectivity index is 2.43. The van der Waals surface area contributed by atoms with Crippen LogP contribution in [0.15, 0.2) is 30.6 Å². The van der Waals surface area contributed by atoms with E-state index in [1.165, 1.54) is 18.5 Å². The van der Waals surface area contributed by atoms with E-state index < -0.39 is 0 Å². The van der Waals surface area contributed by atoms with Crippen molar-refractivity contribution in [3.8, 4) is 5.75 Å². The summed E-state index contributed by atoms with van der Waals surface area (Å²) in [5, 5.41) is 9.63. The third-order valence-corrected chi connectivity index (χ3v) is 2.33. The lowest BCUT2D eigenvalue weighted by Gasteiger charge is -2.04. The maximum Gasteiger partial charge on any atom is 0.219 e. The highest BCUT2D eigenvalue weighted by Crippen LogP contribution is 2.21. The Bertz CT molecular complexity index is 564. The number of aromatic nitrogens is 2. The maximum atomic E-state index is 12.0. The summed E-state index contributed by atoms with van der Waals surface area (Å²) in [4.78, 5) is 19.5. The van der Waals surface area contributed by atoms with E-state index in [1.807, 2.05) is 6.92 Å². The molecule has 0 spiro atoms. The number of ketones is 1. The number of hydrogen-bond acceptors (Lipinski definition) is 5. The van der Waals surface area contributed by atoms with Gasteiger partial charge in [-0.15, -0.1) is 0 Å². The molecule has 0 unspecified atom stereocenters. The summed E-state index contributed by atoms with van der Waals surface area (Å²) in [6, 6.07) is 4.83. The Morgan fingerprint density at radius 3 is 2.59 bits per heavy atom. The van der Waals surface area contributed by atoms with Crippen LogP contribution in [0.25, 0.3) is 0 Å². The van der Waals surface area contributed by atoms with Gasteiger partial charge in [0.1, 0.15) is 5.75 Å². The number of carbonyl (C=O) groups is 1. The molecule has 17 heavy (non-hydrogen) atoms. The molecule has 2 rings (SSSR count). The van der Waals surface area contributed by atoms with Crippen LogP contribution in [-0.4, -0.2) is 20.9 Å². The first-order chi connectivity index (χ1) is 8.08. The van der Waals surface area contributed by atoms with E-state index in [1.54, 1.807) is 12.1 Å². The third kappa shape index (κ3) is 2.23. The predicted molar refractivity (Wildman–Crippen MR) is 62.7 cm³/mol. The molecule has 0 aliphatic rings. The van der Waals surface area contributed by atoms with Crippen LogP contribution >= 0.6 is 0 Å². The van der Waals surface area contributed by atoms with Gasteiger partial charge in [-0.3, -0.25) is 4.79 Å². The van der Waals surface area contributed by atoms with Crippen LogP contribution in [-0.2, 0) is 0 Å². The monoisotopic (exact) mass is 229 g/mol. The molecule has 0 amide bonds. The minimum Gasteiger partial charge on any atom is -0.507 e. The van der Waals surface area contributed by atoms with Crippen molar-refractivity contribution in [3.63, 3.8) is 0 Å². The van der Waals surface area contributed by atoms with E-state index in [2.05, 4.69) is 9.97 Å². The first-order valence-electron chi connectivity index (χ1n) is 5.00. The van der Waals surface area contributed by atoms with Crippen molar-refractivity contribution in [1.82, 2.24) is 9.97 Å². The predicted octanol–water partition coefficient (Wildman–Crippen LogP) is 1.30. The first kappa shape index (κ1) is 11.1. The molecule has 2 aromatic rings. The van der Waals surface area contributed by atoms with Crippen LogP contribution in [0.2, 0.25) is 0 Å². The largest absolute Gasteiger partial charge is 0.507 e. The summed E-state index contributed by atoms with van der Waals surface area (Å²) >= 11 is 0. The number of rotatable bonds is 2. The zero-order valence-corrected chi connectivity index (χ0v) is 9.21. The van der Waals surface area contributed by atoms with Gasteiger partial charge in [-0.05, 0) is 19.1 Å². The highest BCUT2D eigenvalue weighted by molar-refractivity contribution is 6.10. The quantitative estimate of drug-likeness (QED) is 0.758. The standard InChI is InChI=1S/C12H11N3O2/c1-7-2-3-10(16)9(4-7)11(17)8-5-14-12(13)15-6-8/h2-6,16H,1H3,(H2,13,14,15). The van der Waals surface area contributed by atoms with Crippen LogP contribution in [0.4, 0.5) is 5.95 Å². The third-order valence-electron chi connectivity index (χ3n) is 2.33. The highest BCUT2D eigenvalue weighted by atomic mass is 16.3. The maximum absolute atomic E-state index is 12.0. The fraction of sp³-hybridized carbons (Fsp3) is 0.0833. The van der Waals surface area contributed by atoms with Gasteiger partial charge in [0.25, 0.3) is 0 Å². The normalized spacial score (nSPS) is 10.2. The van der Waals surface area contributed by atoms with Crippen LogP contribution in [0.3, 0.4) is 0 Å². The van der Waals surface area contributed by atoms with Crippen LogP contribution in [0.5, 0.6) is 5.75 Å². The second-order valence-corrected chi connectivity index (χ2v) is 3.68. The number of nitrogens with two attached hydrogens (primary N) is 1. The number of aryl methyl sites for hydroxylation is 1. The van der Waals surface area contributed by atoms with Gasteiger partial charge in [-0.1, -0.05) is 11.6 Å². The zero-order chi connectivity index (χ0) is 12.4. The lowest BCUT2D eigenvalue weighted by molar-refractivity contribution is 0.103. The van der Waals surface area contributed by atoms with Gasteiger partial charge < -0.3 is 10.8 Å². The first-order valence-corrected chi connectivity index (χ1v) is 5.00. The van der Waals surface area contributed by atoms with Crippen LogP contribution < -0.4 is 5.73 Å². The minimum absolute atomic E-state index is 0.0579. The molecule has 0 fully saturated rings. The number of hydrogen-bond donors (Lipinski definition) is 2. The van der Waals surface area contributed by atoms with E-state index in [-0.39, 0.29) is 23.0 Å². The van der Waals surface area contributed by atoms with Gasteiger partial charge in [-0.25, -0.2) is 9.97 Å². The van der Waals surface area contributed by atoms with Crippen molar-refractivity contribution in [2.24, 2.45) is 0 Å². The van der Waals surface area contributed by atoms with Gasteiger partial charge in [-0.2, -0.15) is 0 Å². The van der Waals surface area contributed by atoms with Gasteiger partial charge >= 0.3 is 0 Å². The second-order valence-electron chi connectivity index (χ2n) is 3.68. The molecule has 1 aromatic carbocycles. The molecule has 0 atom stereocenters. The lowest BCUT2D eigenvalue weighted by atomic mass is 10.0. The van der Waals surface area contributed by atoms with Crippen LogP contribution in [0.1, 0.15) is 21.5 Å². The van der Waals surface area contributed by atoms with E-state index in [0.717, 1.165) is 5.56 Å². The van der Waals surface area contributed by atoms with Gasteiger partial charge in [0, 0.05) is 12.4 Å². The van der Waals surface area contributed by atoms with E-state index >= 15 is 0 Å². The topological polar surface area (TPSA) is 89.1 Å². The van der Waals surface area contributed by atoms with E-state index in [9.17, 15) is 9.90 Å². The molecule has 0 aliphatic heterocycles. The second kappa shape index (κ2) is 4.21. The number of anilines is 1. The molecule has 0 saturated carbocycles. The summed E-state index contributed by atoms with van der Waals surface area (Å²) in [7, 11) is 0. The van der Waals surface area contributed by atoms with Gasteiger partial charge in [0.2, 0.25) is 5.95 Å². The van der Waals surface area contributed by atoms with Crippen molar-refractivity contribution in [1.29, 1.82) is 0 Å². The summed E-state index contributed by atoms with van der Waals surface area (Å²) in [6.07, 6.45) is 2.68. The molecule has 0 bridgehead atoms. The van der Waals surface area contributed by atoms with Crippen molar-refractivity contribution in [2.75, 3.05) is 5.73 Å². The molecule has 5 heteroatoms. The molecule has 1 aromatic heterocycles. The smallest absolute Gasteiger partial charge is 0.219 e. The SMILES string of the molecule is Cc1ccc(O)c(C(=O)c2cnc(N)nc2)c1. The molecular weight excluding hydrogens is 218 g/mol. The molecule has 3 N–H and O–H groups in total. The van der Waals surface area contributed by atoms with E-state index in [0.29, 0.717) is 5.56 Å². The Morgan fingerprint density at radius 2 is 1.94 bits per heavy atom.